The summed E-state index contributed by atoms with van der Waals surface area (Å²) in [6.45, 7) is 4.32. The number of hydrogen-bond acceptors (Lipinski definition) is 2. The fourth-order valence-corrected chi connectivity index (χ4v) is 3.23. The Morgan fingerprint density at radius 2 is 1.71 bits per heavy atom. The Morgan fingerprint density at radius 1 is 1.00 bits per heavy atom. The Kier molecular flexibility index (Phi) is 3.49. The third-order valence-electron chi connectivity index (χ3n) is 4.27. The van der Waals surface area contributed by atoms with Crippen LogP contribution in [0, 0.1) is 5.92 Å². The number of aromatic amines is 1. The third kappa shape index (κ3) is 2.33. The summed E-state index contributed by atoms with van der Waals surface area (Å²) < 4.78 is 6.13. The molecule has 24 heavy (non-hydrogen) atoms. The van der Waals surface area contributed by atoms with Crippen LogP contribution in [0.2, 0.25) is 0 Å². The molecule has 0 fully saturated rings. The van der Waals surface area contributed by atoms with Gasteiger partial charge in [0, 0.05) is 0 Å². The first-order chi connectivity index (χ1) is 11.6. The van der Waals surface area contributed by atoms with Gasteiger partial charge in [0.1, 0.15) is 5.58 Å². The smallest absolute Gasteiger partial charge is 0.202 e. The van der Waals surface area contributed by atoms with Crippen molar-refractivity contribution in [2.24, 2.45) is 5.92 Å². The number of H-pyrrole nitrogens is 1. The molecule has 120 valence electrons. The number of benzene rings is 2. The lowest BCUT2D eigenvalue weighted by molar-refractivity contribution is 0.613. The molecule has 0 spiro atoms. The van der Waals surface area contributed by atoms with E-state index < -0.39 is 0 Å². The van der Waals surface area contributed by atoms with E-state index in [2.05, 4.69) is 18.8 Å². The molecule has 2 aromatic heterocycles. The van der Waals surface area contributed by atoms with E-state index in [0.717, 1.165) is 23.4 Å². The van der Waals surface area contributed by atoms with E-state index in [1.807, 2.05) is 54.6 Å². The molecule has 4 rings (SSSR count). The molecular weight excluding hydrogens is 298 g/mol. The largest absolute Gasteiger partial charge is 0.454 e. The second kappa shape index (κ2) is 5.68. The van der Waals surface area contributed by atoms with Crippen molar-refractivity contribution in [2.75, 3.05) is 0 Å². The molecule has 0 radical (unpaired) electrons. The van der Waals surface area contributed by atoms with E-state index in [0.29, 0.717) is 27.9 Å². The van der Waals surface area contributed by atoms with Crippen LogP contribution in [0.5, 0.6) is 0 Å². The summed E-state index contributed by atoms with van der Waals surface area (Å²) in [5.41, 5.74) is 4.18. The SMILES string of the molecule is CC(C)Cc1[nH]c(-c2ccccc2)c2c(=O)c3ccccc3oc12. The average Bonchev–Trinajstić information content (AvgIpc) is 2.94. The first kappa shape index (κ1) is 14.8. The van der Waals surface area contributed by atoms with Gasteiger partial charge in [-0.15, -0.1) is 0 Å². The summed E-state index contributed by atoms with van der Waals surface area (Å²) in [4.78, 5) is 16.6. The normalized spacial score (nSPS) is 11.6. The number of para-hydroxylation sites is 1. The topological polar surface area (TPSA) is 46.0 Å². The molecule has 1 N–H and O–H groups in total. The van der Waals surface area contributed by atoms with Crippen LogP contribution in [0.25, 0.3) is 33.2 Å². The molecule has 0 saturated carbocycles. The zero-order valence-electron chi connectivity index (χ0n) is 13.8. The van der Waals surface area contributed by atoms with Gasteiger partial charge in [0.25, 0.3) is 0 Å². The van der Waals surface area contributed by atoms with Gasteiger partial charge in [0.05, 0.1) is 22.2 Å². The molecule has 0 aliphatic carbocycles. The Balaban J connectivity index is 2.12. The number of rotatable bonds is 3. The highest BCUT2D eigenvalue weighted by Crippen LogP contribution is 2.31. The molecule has 3 heteroatoms. The molecule has 0 saturated heterocycles. The van der Waals surface area contributed by atoms with Crippen molar-refractivity contribution in [3.8, 4) is 11.3 Å². The monoisotopic (exact) mass is 317 g/mol. The second-order valence-corrected chi connectivity index (χ2v) is 6.57. The quantitative estimate of drug-likeness (QED) is 0.568. The summed E-state index contributed by atoms with van der Waals surface area (Å²) in [5.74, 6) is 0.465. The van der Waals surface area contributed by atoms with Crippen molar-refractivity contribution < 1.29 is 4.42 Å². The summed E-state index contributed by atoms with van der Waals surface area (Å²) >= 11 is 0. The molecule has 2 heterocycles. The molecule has 0 aliphatic heterocycles. The van der Waals surface area contributed by atoms with Crippen LogP contribution in [0.15, 0.2) is 63.8 Å². The Hall–Kier alpha value is -2.81. The van der Waals surface area contributed by atoms with Gasteiger partial charge in [0.15, 0.2) is 5.58 Å². The van der Waals surface area contributed by atoms with Crippen LogP contribution in [0.1, 0.15) is 19.5 Å². The molecule has 4 aromatic rings. The van der Waals surface area contributed by atoms with E-state index in [1.165, 1.54) is 0 Å². The zero-order chi connectivity index (χ0) is 16.7. The molecule has 0 atom stereocenters. The number of nitrogens with one attached hydrogen (secondary N) is 1. The minimum absolute atomic E-state index is 0.0250. The average molecular weight is 317 g/mol. The third-order valence-corrected chi connectivity index (χ3v) is 4.27. The minimum Gasteiger partial charge on any atom is -0.454 e. The first-order valence-corrected chi connectivity index (χ1v) is 8.27. The van der Waals surface area contributed by atoms with Crippen molar-refractivity contribution in [1.82, 2.24) is 4.98 Å². The predicted octanol–water partition coefficient (Wildman–Crippen LogP) is 5.14. The predicted molar refractivity (Wildman–Crippen MR) is 98.3 cm³/mol. The van der Waals surface area contributed by atoms with Gasteiger partial charge >= 0.3 is 0 Å². The molecule has 0 aliphatic rings. The summed E-state index contributed by atoms with van der Waals surface area (Å²) in [7, 11) is 0. The highest BCUT2D eigenvalue weighted by molar-refractivity contribution is 5.99. The van der Waals surface area contributed by atoms with Gasteiger partial charge in [-0.1, -0.05) is 56.3 Å². The fourth-order valence-electron chi connectivity index (χ4n) is 3.23. The highest BCUT2D eigenvalue weighted by atomic mass is 16.3. The lowest BCUT2D eigenvalue weighted by Gasteiger charge is -2.03. The van der Waals surface area contributed by atoms with Crippen LogP contribution >= 0.6 is 0 Å². The zero-order valence-corrected chi connectivity index (χ0v) is 13.8. The molecule has 0 bridgehead atoms. The van der Waals surface area contributed by atoms with Crippen LogP contribution in [0.3, 0.4) is 0 Å². The number of fused-ring (bicyclic) bond motifs is 2. The molecule has 0 amide bonds. The van der Waals surface area contributed by atoms with E-state index in [1.54, 1.807) is 0 Å². The summed E-state index contributed by atoms with van der Waals surface area (Å²) in [6.07, 6.45) is 0.838. The Morgan fingerprint density at radius 3 is 2.46 bits per heavy atom. The van der Waals surface area contributed by atoms with Gasteiger partial charge < -0.3 is 9.40 Å². The van der Waals surface area contributed by atoms with Crippen molar-refractivity contribution in [3.63, 3.8) is 0 Å². The van der Waals surface area contributed by atoms with Gasteiger partial charge in [-0.25, -0.2) is 0 Å². The lowest BCUT2D eigenvalue weighted by Crippen LogP contribution is -2.02. The van der Waals surface area contributed by atoms with Crippen molar-refractivity contribution >= 4 is 21.9 Å². The van der Waals surface area contributed by atoms with Crippen LogP contribution in [0.4, 0.5) is 0 Å². The second-order valence-electron chi connectivity index (χ2n) is 6.57. The van der Waals surface area contributed by atoms with Gasteiger partial charge in [0.2, 0.25) is 5.43 Å². The minimum atomic E-state index is 0.0250. The summed E-state index contributed by atoms with van der Waals surface area (Å²) in [5, 5.41) is 1.27. The van der Waals surface area contributed by atoms with E-state index >= 15 is 0 Å². The summed E-state index contributed by atoms with van der Waals surface area (Å²) in [6, 6.07) is 17.4. The standard InChI is InChI=1S/C21H19NO2/c1-13(2)12-16-21-18(19(22-16)14-8-4-3-5-9-14)20(23)15-10-6-7-11-17(15)24-21/h3-11,13,22H,12H2,1-2H3. The van der Waals surface area contributed by atoms with Crippen LogP contribution in [-0.4, -0.2) is 4.98 Å². The van der Waals surface area contributed by atoms with Crippen molar-refractivity contribution in [1.29, 1.82) is 0 Å². The maximum absolute atomic E-state index is 13.1. The van der Waals surface area contributed by atoms with Gasteiger partial charge in [-0.05, 0) is 30.0 Å². The molecule has 2 aromatic carbocycles. The number of aromatic nitrogens is 1. The van der Waals surface area contributed by atoms with Crippen LogP contribution < -0.4 is 5.43 Å². The Bertz CT molecular complexity index is 1070. The van der Waals surface area contributed by atoms with Gasteiger partial charge in [-0.3, -0.25) is 4.79 Å². The molecule has 3 nitrogen and oxygen atoms in total. The Labute approximate surface area is 139 Å². The highest BCUT2D eigenvalue weighted by Gasteiger charge is 2.19. The molecular formula is C21H19NO2. The first-order valence-electron chi connectivity index (χ1n) is 8.27. The van der Waals surface area contributed by atoms with Crippen molar-refractivity contribution in [2.45, 2.75) is 20.3 Å². The number of hydrogen-bond donors (Lipinski definition) is 1. The van der Waals surface area contributed by atoms with Crippen LogP contribution in [-0.2, 0) is 6.42 Å². The molecule has 0 unspecified atom stereocenters. The lowest BCUT2D eigenvalue weighted by atomic mass is 10.1. The van der Waals surface area contributed by atoms with E-state index in [4.69, 9.17) is 4.42 Å². The maximum Gasteiger partial charge on any atom is 0.202 e. The maximum atomic E-state index is 13.1. The van der Waals surface area contributed by atoms with E-state index in [9.17, 15) is 4.79 Å². The van der Waals surface area contributed by atoms with E-state index in [-0.39, 0.29) is 5.43 Å². The van der Waals surface area contributed by atoms with Crippen molar-refractivity contribution in [3.05, 3.63) is 70.5 Å². The fraction of sp³-hybridized carbons (Fsp3) is 0.190. The van der Waals surface area contributed by atoms with Gasteiger partial charge in [-0.2, -0.15) is 0 Å².